The van der Waals surface area contributed by atoms with Crippen molar-refractivity contribution in [1.82, 2.24) is 4.72 Å². The Kier molecular flexibility index (Phi) is 1.98. The van der Waals surface area contributed by atoms with Crippen molar-refractivity contribution >= 4 is 26.9 Å². The minimum Gasteiger partial charge on any atom is -0.279 e. The fraction of sp³-hybridized carbons (Fsp3) is 0.750. The first-order valence-corrected chi connectivity index (χ1v) is 4.74. The molecule has 0 aromatic heterocycles. The molecule has 1 saturated heterocycles. The van der Waals surface area contributed by atoms with E-state index in [1.807, 2.05) is 0 Å². The third kappa shape index (κ3) is 1.68. The molecule has 0 amide bonds. The Balaban J connectivity index is 2.69. The van der Waals surface area contributed by atoms with E-state index in [2.05, 4.69) is 4.72 Å². The average molecular weight is 184 g/mol. The van der Waals surface area contributed by atoms with Gasteiger partial charge in [0.15, 0.2) is 0 Å². The van der Waals surface area contributed by atoms with Crippen molar-refractivity contribution in [2.24, 2.45) is 0 Å². The highest BCUT2D eigenvalue weighted by Gasteiger charge is 2.30. The molecule has 0 aromatic rings. The number of halogens is 1. The number of hydrogen-bond acceptors (Lipinski definition) is 3. The quantitative estimate of drug-likeness (QED) is 0.555. The number of sulfonamides is 1. The highest BCUT2D eigenvalue weighted by atomic mass is 35.5. The zero-order valence-electron chi connectivity index (χ0n) is 5.00. The van der Waals surface area contributed by atoms with Crippen LogP contribution in [0.5, 0.6) is 0 Å². The minimum absolute atomic E-state index is 0.00384. The van der Waals surface area contributed by atoms with Crippen molar-refractivity contribution < 1.29 is 13.2 Å². The molecule has 1 fully saturated rings. The van der Waals surface area contributed by atoms with Crippen LogP contribution in [0, 0.1) is 0 Å². The van der Waals surface area contributed by atoms with E-state index in [0.29, 0.717) is 0 Å². The molecule has 0 bridgehead atoms. The van der Waals surface area contributed by atoms with Crippen molar-refractivity contribution in [2.75, 3.05) is 5.75 Å². The normalized spacial score (nSPS) is 30.3. The predicted octanol–water partition coefficient (Wildman–Crippen LogP) is -0.556. The topological polar surface area (TPSA) is 63.2 Å². The van der Waals surface area contributed by atoms with Crippen LogP contribution in [0.3, 0.4) is 0 Å². The molecule has 1 unspecified atom stereocenters. The van der Waals surface area contributed by atoms with E-state index < -0.39 is 21.3 Å². The number of nitrogens with one attached hydrogen (secondary N) is 1. The van der Waals surface area contributed by atoms with Crippen LogP contribution < -0.4 is 4.72 Å². The number of carbonyl (C=O) groups is 1. The van der Waals surface area contributed by atoms with Crippen LogP contribution >= 0.6 is 11.6 Å². The zero-order valence-corrected chi connectivity index (χ0v) is 6.57. The van der Waals surface area contributed by atoms with E-state index in [9.17, 15) is 13.2 Å². The maximum atomic E-state index is 10.6. The second kappa shape index (κ2) is 2.48. The van der Waals surface area contributed by atoms with E-state index in [1.165, 1.54) is 0 Å². The molecule has 1 rings (SSSR count). The summed E-state index contributed by atoms with van der Waals surface area (Å²) in [6.07, 6.45) is 0.282. The summed E-state index contributed by atoms with van der Waals surface area (Å²) in [4.78, 5) is 10.4. The molecule has 1 heterocycles. The number of hydrogen-bond donors (Lipinski definition) is 1. The molecular formula is C4H6ClNO3S. The van der Waals surface area contributed by atoms with Crippen LogP contribution in [0.25, 0.3) is 0 Å². The second-order valence-electron chi connectivity index (χ2n) is 2.08. The minimum atomic E-state index is -3.20. The van der Waals surface area contributed by atoms with Gasteiger partial charge in [0.25, 0.3) is 0 Å². The van der Waals surface area contributed by atoms with E-state index in [0.717, 1.165) is 0 Å². The number of carbonyl (C=O) groups excluding carboxylic acids is 1. The van der Waals surface area contributed by atoms with Crippen LogP contribution in [0.1, 0.15) is 6.42 Å². The van der Waals surface area contributed by atoms with Gasteiger partial charge in [-0.1, -0.05) is 0 Å². The average Bonchev–Trinajstić information content (AvgIpc) is 2.10. The zero-order chi connectivity index (χ0) is 7.78. The van der Waals surface area contributed by atoms with Crippen molar-refractivity contribution in [3.05, 3.63) is 0 Å². The smallest absolute Gasteiger partial charge is 0.239 e. The summed E-state index contributed by atoms with van der Waals surface area (Å²) in [5, 5.41) is -0.638. The molecular weight excluding hydrogens is 178 g/mol. The Labute approximate surface area is 63.6 Å². The molecule has 0 aromatic carbocycles. The van der Waals surface area contributed by atoms with Gasteiger partial charge < -0.3 is 0 Å². The molecule has 1 aliphatic rings. The molecule has 0 saturated carbocycles. The van der Waals surface area contributed by atoms with Gasteiger partial charge >= 0.3 is 0 Å². The van der Waals surface area contributed by atoms with E-state index in [-0.39, 0.29) is 12.2 Å². The summed E-state index contributed by atoms with van der Waals surface area (Å²) >= 11 is 5.05. The van der Waals surface area contributed by atoms with Crippen molar-refractivity contribution in [3.8, 4) is 0 Å². The highest BCUT2D eigenvalue weighted by molar-refractivity contribution is 7.89. The van der Waals surface area contributed by atoms with Gasteiger partial charge in [0.05, 0.1) is 11.8 Å². The van der Waals surface area contributed by atoms with Crippen LogP contribution in [0.4, 0.5) is 0 Å². The third-order valence-corrected chi connectivity index (χ3v) is 2.95. The van der Waals surface area contributed by atoms with Gasteiger partial charge in [-0.25, -0.2) is 13.1 Å². The molecule has 0 spiro atoms. The van der Waals surface area contributed by atoms with Crippen LogP contribution in [0.2, 0.25) is 0 Å². The van der Waals surface area contributed by atoms with Gasteiger partial charge in [0, 0.05) is 0 Å². The van der Waals surface area contributed by atoms with Crippen LogP contribution in [0.15, 0.2) is 0 Å². The van der Waals surface area contributed by atoms with Crippen molar-refractivity contribution in [3.63, 3.8) is 0 Å². The van der Waals surface area contributed by atoms with Crippen LogP contribution in [-0.4, -0.2) is 25.5 Å². The molecule has 1 N–H and O–H groups in total. The fourth-order valence-electron chi connectivity index (χ4n) is 0.767. The van der Waals surface area contributed by atoms with Gasteiger partial charge in [-0.05, 0) is 18.0 Å². The standard InChI is InChI=1S/C4H6ClNO3S/c5-4(7)3-1-2-10(8,9)6-3/h3,6H,1-2H2. The Morgan fingerprint density at radius 2 is 2.20 bits per heavy atom. The lowest BCUT2D eigenvalue weighted by Gasteiger charge is -1.98. The maximum absolute atomic E-state index is 10.6. The molecule has 0 radical (unpaired) electrons. The van der Waals surface area contributed by atoms with Crippen molar-refractivity contribution in [1.29, 1.82) is 0 Å². The summed E-state index contributed by atoms with van der Waals surface area (Å²) in [5.41, 5.74) is 0. The van der Waals surface area contributed by atoms with E-state index in [4.69, 9.17) is 11.6 Å². The maximum Gasteiger partial charge on any atom is 0.239 e. The van der Waals surface area contributed by atoms with Crippen molar-refractivity contribution in [2.45, 2.75) is 12.5 Å². The van der Waals surface area contributed by atoms with Crippen LogP contribution in [-0.2, 0) is 14.8 Å². The van der Waals surface area contributed by atoms with E-state index >= 15 is 0 Å². The fourth-order valence-corrected chi connectivity index (χ4v) is 2.32. The molecule has 58 valence electrons. The summed E-state index contributed by atoms with van der Waals surface area (Å²) in [6, 6.07) is -0.702. The van der Waals surface area contributed by atoms with Gasteiger partial charge in [0.1, 0.15) is 0 Å². The Bertz CT molecular complexity index is 247. The summed E-state index contributed by atoms with van der Waals surface area (Å²) in [7, 11) is -3.20. The highest BCUT2D eigenvalue weighted by Crippen LogP contribution is 2.09. The summed E-state index contributed by atoms with van der Waals surface area (Å²) < 4.78 is 23.4. The monoisotopic (exact) mass is 183 g/mol. The first-order chi connectivity index (χ1) is 4.51. The van der Waals surface area contributed by atoms with Gasteiger partial charge in [-0.15, -0.1) is 0 Å². The third-order valence-electron chi connectivity index (χ3n) is 1.27. The Morgan fingerprint density at radius 3 is 2.40 bits per heavy atom. The Morgan fingerprint density at radius 1 is 1.60 bits per heavy atom. The second-order valence-corrected chi connectivity index (χ2v) is 4.33. The number of rotatable bonds is 1. The Hall–Kier alpha value is -0.130. The van der Waals surface area contributed by atoms with Gasteiger partial charge in [-0.3, -0.25) is 4.79 Å². The summed E-state index contributed by atoms with van der Waals surface area (Å²) in [6.45, 7) is 0. The largest absolute Gasteiger partial charge is 0.279 e. The lowest BCUT2D eigenvalue weighted by Crippen LogP contribution is -2.30. The van der Waals surface area contributed by atoms with Gasteiger partial charge in [-0.2, -0.15) is 0 Å². The molecule has 0 aliphatic carbocycles. The summed E-state index contributed by atoms with van der Waals surface area (Å²) in [5.74, 6) is -0.00384. The first kappa shape index (κ1) is 7.97. The molecule has 10 heavy (non-hydrogen) atoms. The molecule has 6 heteroatoms. The van der Waals surface area contributed by atoms with E-state index in [1.54, 1.807) is 0 Å². The first-order valence-electron chi connectivity index (χ1n) is 2.70. The predicted molar refractivity (Wildman–Crippen MR) is 36.2 cm³/mol. The molecule has 1 atom stereocenters. The van der Waals surface area contributed by atoms with Gasteiger partial charge in [0.2, 0.25) is 15.3 Å². The lowest BCUT2D eigenvalue weighted by molar-refractivity contribution is -0.113. The molecule has 1 aliphatic heterocycles. The lowest BCUT2D eigenvalue weighted by atomic mass is 10.3. The SMILES string of the molecule is O=C(Cl)C1CCS(=O)(=O)N1. The molecule has 4 nitrogen and oxygen atoms in total.